The Morgan fingerprint density at radius 3 is 2.23 bits per heavy atom. The Hall–Kier alpha value is -3.63. The summed E-state index contributed by atoms with van der Waals surface area (Å²) >= 11 is 4.84. The van der Waals surface area contributed by atoms with E-state index in [9.17, 15) is 4.79 Å². The predicted molar refractivity (Wildman–Crippen MR) is 141 cm³/mol. The second-order valence-electron chi connectivity index (χ2n) is 7.16. The first kappa shape index (κ1) is 24.5. The summed E-state index contributed by atoms with van der Waals surface area (Å²) in [5, 5.41) is 6.19. The van der Waals surface area contributed by atoms with E-state index in [0.29, 0.717) is 27.9 Å². The second-order valence-corrected chi connectivity index (χ2v) is 9.08. The molecule has 10 heteroatoms. The van der Waals surface area contributed by atoms with Crippen molar-refractivity contribution in [3.63, 3.8) is 0 Å². The van der Waals surface area contributed by atoms with E-state index in [4.69, 9.17) is 18.9 Å². The van der Waals surface area contributed by atoms with Gasteiger partial charge < -0.3 is 18.9 Å². The van der Waals surface area contributed by atoms with Gasteiger partial charge in [0.25, 0.3) is 5.91 Å². The van der Waals surface area contributed by atoms with E-state index < -0.39 is 5.91 Å². The van der Waals surface area contributed by atoms with Crippen LogP contribution in [0.25, 0.3) is 10.2 Å². The lowest BCUT2D eigenvalue weighted by Gasteiger charge is -2.17. The first-order valence-electron chi connectivity index (χ1n) is 10.4. The molecule has 3 aromatic carbocycles. The molecule has 4 rings (SSSR count). The van der Waals surface area contributed by atoms with E-state index in [-0.39, 0.29) is 0 Å². The highest BCUT2D eigenvalue weighted by Gasteiger charge is 2.24. The molecule has 180 valence electrons. The van der Waals surface area contributed by atoms with Crippen molar-refractivity contribution in [3.8, 4) is 23.0 Å². The van der Waals surface area contributed by atoms with Crippen LogP contribution >= 0.6 is 27.3 Å². The van der Waals surface area contributed by atoms with Crippen LogP contribution in [0.4, 0.5) is 5.13 Å². The second kappa shape index (κ2) is 10.7. The van der Waals surface area contributed by atoms with Crippen LogP contribution in [0.3, 0.4) is 0 Å². The van der Waals surface area contributed by atoms with Crippen LogP contribution in [0, 0.1) is 0 Å². The molecular formula is C25H22BrN3O5S. The topological polar surface area (TPSA) is 82.5 Å². The van der Waals surface area contributed by atoms with Gasteiger partial charge in [0.05, 0.1) is 44.9 Å². The van der Waals surface area contributed by atoms with Crippen LogP contribution in [-0.2, 0) is 0 Å². The van der Waals surface area contributed by atoms with Gasteiger partial charge in [0, 0.05) is 10.0 Å². The van der Waals surface area contributed by atoms with Gasteiger partial charge in [-0.1, -0.05) is 27.3 Å². The molecule has 0 bridgehead atoms. The average Bonchev–Trinajstić information content (AvgIpc) is 3.30. The Bertz CT molecular complexity index is 1360. The molecule has 0 aliphatic carbocycles. The van der Waals surface area contributed by atoms with Gasteiger partial charge in [-0.2, -0.15) is 10.1 Å². The van der Waals surface area contributed by atoms with Crippen molar-refractivity contribution in [1.82, 2.24) is 4.98 Å². The van der Waals surface area contributed by atoms with E-state index in [2.05, 4.69) is 26.0 Å². The number of anilines is 1. The fourth-order valence-electron chi connectivity index (χ4n) is 3.31. The van der Waals surface area contributed by atoms with Gasteiger partial charge in [0.2, 0.25) is 10.9 Å². The van der Waals surface area contributed by atoms with Crippen molar-refractivity contribution < 1.29 is 23.7 Å². The minimum Gasteiger partial charge on any atom is -0.497 e. The highest BCUT2D eigenvalue weighted by atomic mass is 79.9. The zero-order chi connectivity index (χ0) is 24.9. The molecule has 0 aliphatic heterocycles. The van der Waals surface area contributed by atoms with Gasteiger partial charge >= 0.3 is 0 Å². The van der Waals surface area contributed by atoms with Crippen LogP contribution < -0.4 is 24.0 Å². The van der Waals surface area contributed by atoms with E-state index in [0.717, 1.165) is 26.0 Å². The summed E-state index contributed by atoms with van der Waals surface area (Å²) in [5.41, 5.74) is 1.85. The summed E-state index contributed by atoms with van der Waals surface area (Å²) in [4.78, 5) is 18.4. The van der Waals surface area contributed by atoms with Gasteiger partial charge in [-0.15, -0.1) is 0 Å². The molecule has 1 heterocycles. The molecule has 1 amide bonds. The summed E-state index contributed by atoms with van der Waals surface area (Å²) in [6.07, 6.45) is 1.59. The molecule has 0 saturated carbocycles. The normalized spacial score (nSPS) is 11.0. The van der Waals surface area contributed by atoms with Crippen molar-refractivity contribution in [1.29, 1.82) is 0 Å². The number of fused-ring (bicyclic) bond motifs is 1. The molecule has 0 spiro atoms. The molecule has 0 aliphatic rings. The number of hydrazone groups is 1. The number of aromatic nitrogens is 1. The van der Waals surface area contributed by atoms with Crippen LogP contribution in [0.15, 0.2) is 64.2 Å². The third-order valence-corrected chi connectivity index (χ3v) is 6.55. The summed E-state index contributed by atoms with van der Waals surface area (Å²) in [7, 11) is 6.10. The first-order chi connectivity index (χ1) is 17.0. The lowest BCUT2D eigenvalue weighted by atomic mass is 10.1. The number of rotatable bonds is 8. The SMILES string of the molecule is COc1ccc(/C=N/N(C(=O)c2cc(OC)c(OC)c(OC)c2)c2nc3ccc(Br)cc3s2)cc1. The number of nitrogens with zero attached hydrogens (tertiary/aromatic N) is 3. The lowest BCUT2D eigenvalue weighted by Crippen LogP contribution is -2.25. The van der Waals surface area contributed by atoms with Crippen LogP contribution in [-0.4, -0.2) is 45.5 Å². The third-order valence-electron chi connectivity index (χ3n) is 5.06. The fourth-order valence-corrected chi connectivity index (χ4v) is 4.78. The quantitative estimate of drug-likeness (QED) is 0.202. The molecular weight excluding hydrogens is 534 g/mol. The van der Waals surface area contributed by atoms with E-state index in [1.165, 1.54) is 37.7 Å². The van der Waals surface area contributed by atoms with E-state index in [1.807, 2.05) is 42.5 Å². The number of hydrogen-bond acceptors (Lipinski definition) is 8. The van der Waals surface area contributed by atoms with Crippen molar-refractivity contribution >= 4 is 54.7 Å². The number of benzene rings is 3. The molecule has 0 fully saturated rings. The maximum Gasteiger partial charge on any atom is 0.281 e. The highest BCUT2D eigenvalue weighted by molar-refractivity contribution is 9.10. The Morgan fingerprint density at radius 2 is 1.63 bits per heavy atom. The van der Waals surface area contributed by atoms with Crippen molar-refractivity contribution in [2.24, 2.45) is 5.10 Å². The number of methoxy groups -OCH3 is 4. The van der Waals surface area contributed by atoms with Gasteiger partial charge in [-0.3, -0.25) is 4.79 Å². The number of amides is 1. The Labute approximate surface area is 214 Å². The molecule has 4 aromatic rings. The summed E-state index contributed by atoms with van der Waals surface area (Å²) < 4.78 is 23.3. The maximum atomic E-state index is 13.7. The monoisotopic (exact) mass is 555 g/mol. The molecule has 1 aromatic heterocycles. The third kappa shape index (κ3) is 5.23. The molecule has 0 saturated heterocycles. The van der Waals surface area contributed by atoms with Crippen molar-refractivity contribution in [3.05, 3.63) is 70.2 Å². The first-order valence-corrected chi connectivity index (χ1v) is 12.0. The zero-order valence-electron chi connectivity index (χ0n) is 19.4. The Kier molecular flexibility index (Phi) is 7.52. The van der Waals surface area contributed by atoms with E-state index >= 15 is 0 Å². The van der Waals surface area contributed by atoms with Gasteiger partial charge in [0.1, 0.15) is 5.75 Å². The molecule has 0 atom stereocenters. The summed E-state index contributed by atoms with van der Waals surface area (Å²) in [5.74, 6) is 1.44. The number of thiazole rings is 1. The molecule has 35 heavy (non-hydrogen) atoms. The van der Waals surface area contributed by atoms with Crippen LogP contribution in [0.1, 0.15) is 15.9 Å². The largest absolute Gasteiger partial charge is 0.497 e. The van der Waals surface area contributed by atoms with Crippen molar-refractivity contribution in [2.75, 3.05) is 33.4 Å². The minimum atomic E-state index is -0.410. The van der Waals surface area contributed by atoms with Gasteiger partial charge in [-0.25, -0.2) is 4.98 Å². The van der Waals surface area contributed by atoms with Gasteiger partial charge in [-0.05, 0) is 60.2 Å². The molecule has 0 radical (unpaired) electrons. The molecule has 0 N–H and O–H groups in total. The number of carbonyl (C=O) groups is 1. The standard InChI is InChI=1S/C25H22BrN3O5S/c1-31-18-8-5-15(6-9-18)14-27-29(25-28-19-10-7-17(26)13-22(19)35-25)24(30)16-11-20(32-2)23(34-4)21(12-16)33-3/h5-14H,1-4H3/b27-14+. The molecule has 0 unspecified atom stereocenters. The smallest absolute Gasteiger partial charge is 0.281 e. The average molecular weight is 556 g/mol. The van der Waals surface area contributed by atoms with Crippen molar-refractivity contribution in [2.45, 2.75) is 0 Å². The fraction of sp³-hybridized carbons (Fsp3) is 0.160. The van der Waals surface area contributed by atoms with Crippen LogP contribution in [0.2, 0.25) is 0 Å². The molecule has 8 nitrogen and oxygen atoms in total. The minimum absolute atomic E-state index is 0.298. The zero-order valence-corrected chi connectivity index (χ0v) is 21.8. The Morgan fingerprint density at radius 1 is 0.943 bits per heavy atom. The summed E-state index contributed by atoms with van der Waals surface area (Å²) in [6.45, 7) is 0. The number of hydrogen-bond donors (Lipinski definition) is 0. The number of ether oxygens (including phenoxy) is 4. The lowest BCUT2D eigenvalue weighted by molar-refractivity contribution is 0.0987. The summed E-state index contributed by atoms with van der Waals surface area (Å²) in [6, 6.07) is 16.2. The van der Waals surface area contributed by atoms with Gasteiger partial charge in [0.15, 0.2) is 11.5 Å². The predicted octanol–water partition coefficient (Wildman–Crippen LogP) is 5.77. The van der Waals surface area contributed by atoms with E-state index in [1.54, 1.807) is 25.5 Å². The number of carbonyl (C=O) groups excluding carboxylic acids is 1. The number of halogens is 1. The maximum absolute atomic E-state index is 13.7. The van der Waals surface area contributed by atoms with Crippen LogP contribution in [0.5, 0.6) is 23.0 Å². The Balaban J connectivity index is 1.79. The highest BCUT2D eigenvalue weighted by Crippen LogP contribution is 2.39.